The largest absolute Gasteiger partial charge is 0.383 e. The van der Waals surface area contributed by atoms with Crippen molar-refractivity contribution in [2.45, 2.75) is 32.8 Å². The highest BCUT2D eigenvalue weighted by molar-refractivity contribution is 9.13. The molecule has 1 atom stereocenters. The molecule has 0 aliphatic rings. The van der Waals surface area contributed by atoms with Crippen LogP contribution in [0, 0.1) is 0 Å². The molecule has 1 heterocycles. The Balaban J connectivity index is 2.35. The van der Waals surface area contributed by atoms with Crippen LogP contribution in [0.2, 0.25) is 0 Å². The van der Waals surface area contributed by atoms with Gasteiger partial charge in [-0.2, -0.15) is 0 Å². The number of rotatable bonds is 4. The molecule has 102 valence electrons. The third-order valence-corrected chi connectivity index (χ3v) is 6.55. The summed E-state index contributed by atoms with van der Waals surface area (Å²) in [5, 5.41) is 10.5. The van der Waals surface area contributed by atoms with E-state index in [0.29, 0.717) is 0 Å². The maximum atomic E-state index is 10.5. The second-order valence-electron chi connectivity index (χ2n) is 4.41. The number of benzene rings is 1. The summed E-state index contributed by atoms with van der Waals surface area (Å²) in [6, 6.07) is 8.27. The van der Waals surface area contributed by atoms with Crippen molar-refractivity contribution in [3.63, 3.8) is 0 Å². The van der Waals surface area contributed by atoms with Crippen molar-refractivity contribution >= 4 is 43.2 Å². The maximum Gasteiger partial charge on any atom is 0.113 e. The number of aliphatic hydroxyl groups excluding tert-OH is 1. The Morgan fingerprint density at radius 2 is 1.79 bits per heavy atom. The van der Waals surface area contributed by atoms with Gasteiger partial charge in [-0.05, 0) is 67.5 Å². The predicted molar refractivity (Wildman–Crippen MR) is 89.0 cm³/mol. The molecule has 0 bridgehead atoms. The fourth-order valence-electron chi connectivity index (χ4n) is 2.15. The van der Waals surface area contributed by atoms with E-state index in [1.807, 2.05) is 12.1 Å². The average Bonchev–Trinajstić information content (AvgIpc) is 2.77. The second kappa shape index (κ2) is 6.53. The lowest BCUT2D eigenvalue weighted by Crippen LogP contribution is -2.00. The van der Waals surface area contributed by atoms with Crippen LogP contribution in [0.25, 0.3) is 0 Å². The van der Waals surface area contributed by atoms with Crippen molar-refractivity contribution in [2.75, 3.05) is 0 Å². The van der Waals surface area contributed by atoms with Crippen molar-refractivity contribution in [1.29, 1.82) is 0 Å². The van der Waals surface area contributed by atoms with Gasteiger partial charge >= 0.3 is 0 Å². The van der Waals surface area contributed by atoms with Crippen LogP contribution in [0.1, 0.15) is 41.5 Å². The van der Waals surface area contributed by atoms with E-state index in [2.05, 4.69) is 57.8 Å². The summed E-state index contributed by atoms with van der Waals surface area (Å²) in [5.74, 6) is 0. The van der Waals surface area contributed by atoms with Gasteiger partial charge in [0.1, 0.15) is 6.10 Å². The number of aliphatic hydroxyl groups is 1. The Morgan fingerprint density at radius 1 is 1.11 bits per heavy atom. The fraction of sp³-hybridized carbons (Fsp3) is 0.333. The van der Waals surface area contributed by atoms with Gasteiger partial charge in [-0.1, -0.05) is 32.0 Å². The lowest BCUT2D eigenvalue weighted by molar-refractivity contribution is 0.224. The van der Waals surface area contributed by atoms with Gasteiger partial charge in [0.05, 0.1) is 3.79 Å². The molecule has 0 fully saturated rings. The molecule has 1 aromatic carbocycles. The molecule has 1 unspecified atom stereocenters. The molecule has 1 aromatic heterocycles. The summed E-state index contributed by atoms with van der Waals surface area (Å²) >= 11 is 8.49. The van der Waals surface area contributed by atoms with E-state index in [4.69, 9.17) is 0 Å². The van der Waals surface area contributed by atoms with Crippen LogP contribution in [0.15, 0.2) is 32.5 Å². The van der Waals surface area contributed by atoms with Gasteiger partial charge in [-0.15, -0.1) is 11.3 Å². The quantitative estimate of drug-likeness (QED) is 0.716. The standard InChI is InChI=1S/C15H16Br2OS/c1-3-9-5-6-11(7-10(9)4-2)14(18)13-8-12(16)15(17)19-13/h5-8,14,18H,3-4H2,1-2H3. The first-order valence-electron chi connectivity index (χ1n) is 6.31. The van der Waals surface area contributed by atoms with Gasteiger partial charge in [0.25, 0.3) is 0 Å². The molecule has 0 saturated heterocycles. The molecule has 1 nitrogen and oxygen atoms in total. The van der Waals surface area contributed by atoms with Crippen molar-refractivity contribution in [1.82, 2.24) is 0 Å². The SMILES string of the molecule is CCc1ccc(C(O)c2cc(Br)c(Br)s2)cc1CC. The first kappa shape index (κ1) is 15.2. The van der Waals surface area contributed by atoms with Crippen LogP contribution < -0.4 is 0 Å². The summed E-state index contributed by atoms with van der Waals surface area (Å²) in [6.07, 6.45) is 1.49. The topological polar surface area (TPSA) is 20.2 Å². The Morgan fingerprint density at radius 3 is 2.32 bits per heavy atom. The fourth-order valence-corrected chi connectivity index (χ4v) is 4.26. The van der Waals surface area contributed by atoms with Gasteiger partial charge in [0.15, 0.2) is 0 Å². The van der Waals surface area contributed by atoms with Crippen LogP contribution in [0.3, 0.4) is 0 Å². The molecule has 4 heteroatoms. The molecule has 0 amide bonds. The Labute approximate surface area is 134 Å². The highest BCUT2D eigenvalue weighted by Gasteiger charge is 2.16. The van der Waals surface area contributed by atoms with Crippen LogP contribution in [-0.4, -0.2) is 5.11 Å². The second-order valence-corrected chi connectivity index (χ2v) is 7.66. The van der Waals surface area contributed by atoms with Crippen molar-refractivity contribution < 1.29 is 5.11 Å². The van der Waals surface area contributed by atoms with E-state index in [0.717, 1.165) is 31.5 Å². The lowest BCUT2D eigenvalue weighted by atomic mass is 9.97. The van der Waals surface area contributed by atoms with E-state index >= 15 is 0 Å². The molecule has 2 rings (SSSR count). The molecule has 19 heavy (non-hydrogen) atoms. The van der Waals surface area contributed by atoms with Crippen LogP contribution in [-0.2, 0) is 12.8 Å². The monoisotopic (exact) mass is 402 g/mol. The molecule has 0 spiro atoms. The number of aryl methyl sites for hydroxylation is 2. The number of hydrogen-bond donors (Lipinski definition) is 1. The van der Waals surface area contributed by atoms with E-state index in [1.165, 1.54) is 11.1 Å². The summed E-state index contributed by atoms with van der Waals surface area (Å²) < 4.78 is 2.01. The summed E-state index contributed by atoms with van der Waals surface area (Å²) in [6.45, 7) is 4.32. The molecule has 1 N–H and O–H groups in total. The van der Waals surface area contributed by atoms with Crippen molar-refractivity contribution in [3.05, 3.63) is 54.1 Å². The first-order chi connectivity index (χ1) is 9.06. The van der Waals surface area contributed by atoms with E-state index in [9.17, 15) is 5.11 Å². The summed E-state index contributed by atoms with van der Waals surface area (Å²) in [4.78, 5) is 0.949. The third kappa shape index (κ3) is 3.30. The minimum Gasteiger partial charge on any atom is -0.383 e. The minimum atomic E-state index is -0.552. The van der Waals surface area contributed by atoms with E-state index < -0.39 is 6.10 Å². The first-order valence-corrected chi connectivity index (χ1v) is 8.71. The average molecular weight is 404 g/mol. The van der Waals surface area contributed by atoms with E-state index in [1.54, 1.807) is 11.3 Å². The normalized spacial score (nSPS) is 12.7. The molecule has 2 aromatic rings. The molecule has 0 aliphatic heterocycles. The maximum absolute atomic E-state index is 10.5. The van der Waals surface area contributed by atoms with Crippen molar-refractivity contribution in [2.24, 2.45) is 0 Å². The van der Waals surface area contributed by atoms with E-state index in [-0.39, 0.29) is 0 Å². The number of halogens is 2. The van der Waals surface area contributed by atoms with Crippen LogP contribution in [0.5, 0.6) is 0 Å². The molecule has 0 radical (unpaired) electrons. The summed E-state index contributed by atoms with van der Waals surface area (Å²) in [5.41, 5.74) is 3.66. The lowest BCUT2D eigenvalue weighted by Gasteiger charge is -2.13. The highest BCUT2D eigenvalue weighted by Crippen LogP contribution is 2.37. The zero-order valence-corrected chi connectivity index (χ0v) is 14.9. The van der Waals surface area contributed by atoms with Gasteiger partial charge in [0, 0.05) is 9.35 Å². The molecular weight excluding hydrogens is 388 g/mol. The zero-order valence-electron chi connectivity index (χ0n) is 10.9. The Hall–Kier alpha value is -0.160. The third-order valence-electron chi connectivity index (χ3n) is 3.24. The van der Waals surface area contributed by atoms with Gasteiger partial charge in [-0.25, -0.2) is 0 Å². The van der Waals surface area contributed by atoms with Gasteiger partial charge in [0.2, 0.25) is 0 Å². The number of hydrogen-bond acceptors (Lipinski definition) is 2. The smallest absolute Gasteiger partial charge is 0.113 e. The molecule has 0 aliphatic carbocycles. The van der Waals surface area contributed by atoms with Crippen LogP contribution in [0.4, 0.5) is 0 Å². The minimum absolute atomic E-state index is 0.552. The zero-order chi connectivity index (χ0) is 14.0. The highest BCUT2D eigenvalue weighted by atomic mass is 79.9. The predicted octanol–water partition coefficient (Wildman–Crippen LogP) is 5.48. The number of thiophene rings is 1. The Bertz CT molecular complexity index is 558. The van der Waals surface area contributed by atoms with Crippen molar-refractivity contribution in [3.8, 4) is 0 Å². The molecular formula is C15H16Br2OS. The summed E-state index contributed by atoms with van der Waals surface area (Å²) in [7, 11) is 0. The molecule has 0 saturated carbocycles. The van der Waals surface area contributed by atoms with Gasteiger partial charge < -0.3 is 5.11 Å². The Kier molecular flexibility index (Phi) is 5.23. The van der Waals surface area contributed by atoms with Gasteiger partial charge in [-0.3, -0.25) is 0 Å². The van der Waals surface area contributed by atoms with Crippen LogP contribution >= 0.6 is 43.2 Å².